The molecule has 136 valence electrons. The number of hydrogen-bond donors (Lipinski definition) is 1. The van der Waals surface area contributed by atoms with E-state index in [1.807, 2.05) is 0 Å². The smallest absolute Gasteiger partial charge is 0.307 e. The number of ether oxygens (including phenoxy) is 1. The number of amides is 1. The van der Waals surface area contributed by atoms with Crippen LogP contribution in [0.3, 0.4) is 0 Å². The molecular formula is C19H11Cl3N2O3. The number of halogens is 3. The van der Waals surface area contributed by atoms with Crippen molar-refractivity contribution in [3.8, 4) is 18.1 Å². The molecule has 1 heterocycles. The fourth-order valence-electron chi connectivity index (χ4n) is 2.25. The Labute approximate surface area is 169 Å². The summed E-state index contributed by atoms with van der Waals surface area (Å²) in [6.07, 6.45) is 6.53. The van der Waals surface area contributed by atoms with Crippen LogP contribution < -0.4 is 10.2 Å². The number of rotatable bonds is 5. The van der Waals surface area contributed by atoms with Crippen molar-refractivity contribution in [1.82, 2.24) is 5.43 Å². The van der Waals surface area contributed by atoms with E-state index in [0.29, 0.717) is 21.9 Å². The molecule has 5 nitrogen and oxygen atoms in total. The molecular weight excluding hydrogens is 411 g/mol. The number of carbonyl (C=O) groups excluding carboxylic acids is 1. The van der Waals surface area contributed by atoms with Crippen molar-refractivity contribution in [2.24, 2.45) is 5.10 Å². The average molecular weight is 422 g/mol. The highest BCUT2D eigenvalue weighted by molar-refractivity contribution is 6.37. The second kappa shape index (κ2) is 8.36. The van der Waals surface area contributed by atoms with Gasteiger partial charge in [0.1, 0.15) is 12.2 Å². The maximum Gasteiger partial charge on any atom is 0.307 e. The van der Waals surface area contributed by atoms with Crippen LogP contribution in [0.1, 0.15) is 16.1 Å². The molecule has 0 aliphatic heterocycles. The fraction of sp³-hybridized carbons (Fsp3) is 0.0526. The average Bonchev–Trinajstić information content (AvgIpc) is 3.04. The number of carbonyl (C=O) groups is 1. The van der Waals surface area contributed by atoms with E-state index in [0.717, 1.165) is 5.39 Å². The standard InChI is InChI=1S/C19H11Cl3N2O3/c1-2-5-26-18-14(21)6-11(7-15(18)22)10-23-24-19(25)17-9-12-8-13(20)3-4-16(12)27-17/h1,3-4,6-10H,5H2,(H,24,25)/b23-10-. The quantitative estimate of drug-likeness (QED) is 0.351. The Kier molecular flexibility index (Phi) is 5.92. The molecule has 0 radical (unpaired) electrons. The lowest BCUT2D eigenvalue weighted by Gasteiger charge is -2.08. The number of hydrogen-bond acceptors (Lipinski definition) is 4. The Balaban J connectivity index is 1.71. The molecule has 0 atom stereocenters. The fourth-order valence-corrected chi connectivity index (χ4v) is 3.05. The van der Waals surface area contributed by atoms with Gasteiger partial charge in [0, 0.05) is 10.4 Å². The van der Waals surface area contributed by atoms with E-state index < -0.39 is 5.91 Å². The van der Waals surface area contributed by atoms with Crippen LogP contribution in [0.15, 0.2) is 45.9 Å². The van der Waals surface area contributed by atoms with Gasteiger partial charge in [-0.15, -0.1) is 6.42 Å². The van der Waals surface area contributed by atoms with E-state index in [2.05, 4.69) is 16.4 Å². The molecule has 1 aromatic heterocycles. The molecule has 0 bridgehead atoms. The van der Waals surface area contributed by atoms with Crippen LogP contribution in [-0.4, -0.2) is 18.7 Å². The number of terminal acetylenes is 1. The lowest BCUT2D eigenvalue weighted by atomic mass is 10.2. The van der Waals surface area contributed by atoms with Crippen LogP contribution >= 0.6 is 34.8 Å². The number of benzene rings is 2. The van der Waals surface area contributed by atoms with Crippen molar-refractivity contribution < 1.29 is 13.9 Å². The van der Waals surface area contributed by atoms with E-state index >= 15 is 0 Å². The Bertz CT molecular complexity index is 1060. The second-order valence-corrected chi connectivity index (χ2v) is 6.55. The zero-order valence-corrected chi connectivity index (χ0v) is 15.9. The minimum atomic E-state index is -0.510. The topological polar surface area (TPSA) is 63.8 Å². The third kappa shape index (κ3) is 4.55. The van der Waals surface area contributed by atoms with Gasteiger partial charge in [-0.2, -0.15) is 5.10 Å². The maximum atomic E-state index is 12.2. The molecule has 27 heavy (non-hydrogen) atoms. The van der Waals surface area contributed by atoms with Crippen molar-refractivity contribution in [1.29, 1.82) is 0 Å². The summed E-state index contributed by atoms with van der Waals surface area (Å²) in [7, 11) is 0. The molecule has 0 aliphatic carbocycles. The first-order chi connectivity index (χ1) is 13.0. The number of fused-ring (bicyclic) bond motifs is 1. The van der Waals surface area contributed by atoms with Crippen LogP contribution in [0.5, 0.6) is 5.75 Å². The van der Waals surface area contributed by atoms with Crippen LogP contribution in [0, 0.1) is 12.3 Å². The summed E-state index contributed by atoms with van der Waals surface area (Å²) in [5.41, 5.74) is 3.49. The zero-order valence-electron chi connectivity index (χ0n) is 13.6. The molecule has 3 aromatic rings. The van der Waals surface area contributed by atoms with Gasteiger partial charge >= 0.3 is 5.91 Å². The van der Waals surface area contributed by atoms with Crippen molar-refractivity contribution >= 4 is 57.9 Å². The van der Waals surface area contributed by atoms with Gasteiger partial charge in [-0.1, -0.05) is 40.7 Å². The normalized spacial score (nSPS) is 10.9. The van der Waals surface area contributed by atoms with Gasteiger partial charge in [-0.25, -0.2) is 5.43 Å². The SMILES string of the molecule is C#CCOc1c(Cl)cc(/C=N\NC(=O)c2cc3cc(Cl)ccc3o2)cc1Cl. The molecule has 3 rings (SSSR count). The van der Waals surface area contributed by atoms with Gasteiger partial charge in [0.2, 0.25) is 0 Å². The van der Waals surface area contributed by atoms with Crippen LogP contribution in [-0.2, 0) is 0 Å². The van der Waals surface area contributed by atoms with Crippen LogP contribution in [0.25, 0.3) is 11.0 Å². The minimum Gasteiger partial charge on any atom is -0.478 e. The third-order valence-corrected chi connectivity index (χ3v) is 4.20. The van der Waals surface area contributed by atoms with E-state index in [1.54, 1.807) is 36.4 Å². The molecule has 0 spiro atoms. The second-order valence-electron chi connectivity index (χ2n) is 5.30. The molecule has 0 saturated heterocycles. The Morgan fingerprint density at radius 3 is 2.67 bits per heavy atom. The van der Waals surface area contributed by atoms with Gasteiger partial charge in [0.05, 0.1) is 16.3 Å². The molecule has 8 heteroatoms. The molecule has 1 amide bonds. The first-order valence-electron chi connectivity index (χ1n) is 7.55. The van der Waals surface area contributed by atoms with Crippen LogP contribution in [0.2, 0.25) is 15.1 Å². The maximum absolute atomic E-state index is 12.2. The summed E-state index contributed by atoms with van der Waals surface area (Å²) in [4.78, 5) is 12.2. The van der Waals surface area contributed by atoms with Crippen molar-refractivity contribution in [2.75, 3.05) is 6.61 Å². The summed E-state index contributed by atoms with van der Waals surface area (Å²) in [6.45, 7) is 0.0473. The van der Waals surface area contributed by atoms with E-state index in [1.165, 1.54) is 6.21 Å². The van der Waals surface area contributed by atoms with Gasteiger partial charge in [0.25, 0.3) is 0 Å². The molecule has 0 saturated carbocycles. The molecule has 0 aliphatic rings. The number of nitrogens with one attached hydrogen (secondary N) is 1. The van der Waals surface area contributed by atoms with Crippen molar-refractivity contribution in [2.45, 2.75) is 0 Å². The molecule has 2 aromatic carbocycles. The predicted molar refractivity (Wildman–Crippen MR) is 107 cm³/mol. The Hall–Kier alpha value is -2.65. The Morgan fingerprint density at radius 1 is 1.22 bits per heavy atom. The highest BCUT2D eigenvalue weighted by Gasteiger charge is 2.12. The summed E-state index contributed by atoms with van der Waals surface area (Å²) >= 11 is 18.1. The van der Waals surface area contributed by atoms with Gasteiger partial charge in [-0.05, 0) is 42.0 Å². The summed E-state index contributed by atoms with van der Waals surface area (Å²) in [5, 5.41) is 5.71. The first-order valence-corrected chi connectivity index (χ1v) is 8.69. The minimum absolute atomic E-state index is 0.0473. The van der Waals surface area contributed by atoms with Crippen LogP contribution in [0.4, 0.5) is 0 Å². The summed E-state index contributed by atoms with van der Waals surface area (Å²) in [5.74, 6) is 2.22. The van der Waals surface area contributed by atoms with E-state index in [4.69, 9.17) is 50.4 Å². The largest absolute Gasteiger partial charge is 0.478 e. The lowest BCUT2D eigenvalue weighted by molar-refractivity contribution is 0.0929. The van der Waals surface area contributed by atoms with E-state index in [-0.39, 0.29) is 22.4 Å². The lowest BCUT2D eigenvalue weighted by Crippen LogP contribution is -2.16. The number of nitrogens with zero attached hydrogens (tertiary/aromatic N) is 1. The predicted octanol–water partition coefficient (Wildman–Crippen LogP) is 5.17. The monoisotopic (exact) mass is 420 g/mol. The highest BCUT2D eigenvalue weighted by atomic mass is 35.5. The molecule has 1 N–H and O–H groups in total. The zero-order chi connectivity index (χ0) is 19.4. The first kappa shape index (κ1) is 19.1. The number of furan rings is 1. The van der Waals surface area contributed by atoms with E-state index in [9.17, 15) is 4.79 Å². The summed E-state index contributed by atoms with van der Waals surface area (Å²) in [6, 6.07) is 9.81. The van der Waals surface area contributed by atoms with Gasteiger partial charge < -0.3 is 9.15 Å². The molecule has 0 fully saturated rings. The van der Waals surface area contributed by atoms with Crippen molar-refractivity contribution in [3.63, 3.8) is 0 Å². The van der Waals surface area contributed by atoms with Gasteiger partial charge in [0.15, 0.2) is 11.5 Å². The number of hydrazone groups is 1. The molecule has 0 unspecified atom stereocenters. The highest BCUT2D eigenvalue weighted by Crippen LogP contribution is 2.33. The van der Waals surface area contributed by atoms with Crippen molar-refractivity contribution in [3.05, 3.63) is 62.8 Å². The third-order valence-electron chi connectivity index (χ3n) is 3.40. The Morgan fingerprint density at radius 2 is 1.96 bits per heavy atom. The summed E-state index contributed by atoms with van der Waals surface area (Å²) < 4.78 is 10.7. The van der Waals surface area contributed by atoms with Gasteiger partial charge in [-0.3, -0.25) is 4.79 Å².